The van der Waals surface area contributed by atoms with Crippen LogP contribution in [0.4, 0.5) is 17.1 Å². The van der Waals surface area contributed by atoms with Crippen molar-refractivity contribution in [1.29, 1.82) is 0 Å². The maximum absolute atomic E-state index is 2.44. The molecule has 0 saturated carbocycles. The third-order valence-electron chi connectivity index (χ3n) is 13.6. The molecule has 1 nitrogen and oxygen atoms in total. The van der Waals surface area contributed by atoms with Gasteiger partial charge in [0.2, 0.25) is 0 Å². The van der Waals surface area contributed by atoms with Gasteiger partial charge in [0, 0.05) is 17.1 Å². The van der Waals surface area contributed by atoms with Crippen molar-refractivity contribution >= 4 is 27.8 Å². The maximum Gasteiger partial charge on any atom is 0.0713 e. The Labute approximate surface area is 387 Å². The second kappa shape index (κ2) is 16.6. The van der Waals surface area contributed by atoms with Crippen LogP contribution in [0, 0.1) is 0 Å². The molecule has 0 N–H and O–H groups in total. The second-order valence-electron chi connectivity index (χ2n) is 17.2. The third kappa shape index (κ3) is 6.73. The fourth-order valence-electron chi connectivity index (χ4n) is 10.5. The monoisotopic (exact) mass is 839 g/mol. The van der Waals surface area contributed by atoms with Crippen LogP contribution in [0.15, 0.2) is 273 Å². The number of nitrogens with zero attached hydrogens (tertiary/aromatic N) is 1. The summed E-state index contributed by atoms with van der Waals surface area (Å²) in [6.07, 6.45) is 0. The van der Waals surface area contributed by atoms with Gasteiger partial charge >= 0.3 is 0 Å². The summed E-state index contributed by atoms with van der Waals surface area (Å²) in [5.41, 5.74) is 20.2. The minimum atomic E-state index is -0.448. The van der Waals surface area contributed by atoms with E-state index < -0.39 is 5.41 Å². The molecule has 11 aromatic carbocycles. The van der Waals surface area contributed by atoms with Crippen LogP contribution in [-0.2, 0) is 5.41 Å². The molecule has 0 radical (unpaired) electrons. The van der Waals surface area contributed by atoms with Gasteiger partial charge in [-0.05, 0) is 137 Å². The molecule has 0 aromatic heterocycles. The van der Waals surface area contributed by atoms with Crippen molar-refractivity contribution in [2.75, 3.05) is 4.90 Å². The van der Waals surface area contributed by atoms with Gasteiger partial charge < -0.3 is 4.90 Å². The van der Waals surface area contributed by atoms with Gasteiger partial charge in [0.1, 0.15) is 0 Å². The Hall–Kier alpha value is -8.52. The molecule has 0 saturated heterocycles. The zero-order valence-electron chi connectivity index (χ0n) is 36.4. The lowest BCUT2D eigenvalue weighted by molar-refractivity contribution is 0.769. The quantitative estimate of drug-likeness (QED) is 0.140. The molecule has 0 bridgehead atoms. The van der Waals surface area contributed by atoms with Crippen LogP contribution in [-0.4, -0.2) is 0 Å². The van der Waals surface area contributed by atoms with Crippen LogP contribution < -0.4 is 4.90 Å². The van der Waals surface area contributed by atoms with Crippen LogP contribution in [0.2, 0.25) is 0 Å². The molecule has 66 heavy (non-hydrogen) atoms. The number of fused-ring (bicyclic) bond motifs is 4. The van der Waals surface area contributed by atoms with Crippen molar-refractivity contribution in [2.45, 2.75) is 5.41 Å². The Morgan fingerprint density at radius 2 is 0.652 bits per heavy atom. The largest absolute Gasteiger partial charge is 0.311 e. The molecule has 0 amide bonds. The molecular formula is C65H45N. The number of anilines is 3. The van der Waals surface area contributed by atoms with Crippen molar-refractivity contribution in [3.63, 3.8) is 0 Å². The zero-order chi connectivity index (χ0) is 43.9. The SMILES string of the molecule is c1ccc(-c2ccc(N(c3ccc(-c4cccc(-c5cccc6ccccc56)c4)cc3)c3ccc(-c4ccc5c(c4)C(c4ccccc4)(c4ccccc4)c4ccccc4-5)cc3)cc2)cc1. The van der Waals surface area contributed by atoms with Crippen molar-refractivity contribution in [3.05, 3.63) is 295 Å². The van der Waals surface area contributed by atoms with Gasteiger partial charge in [-0.1, -0.05) is 224 Å². The molecule has 1 aliphatic carbocycles. The highest BCUT2D eigenvalue weighted by Crippen LogP contribution is 2.56. The summed E-state index contributed by atoms with van der Waals surface area (Å²) in [4.78, 5) is 2.37. The van der Waals surface area contributed by atoms with E-state index in [1.165, 1.54) is 88.7 Å². The molecule has 1 heteroatoms. The molecule has 11 aromatic rings. The summed E-state index contributed by atoms with van der Waals surface area (Å²) in [6.45, 7) is 0. The summed E-state index contributed by atoms with van der Waals surface area (Å²) in [5, 5.41) is 2.52. The average Bonchev–Trinajstić information content (AvgIpc) is 3.70. The van der Waals surface area contributed by atoms with Gasteiger partial charge in [-0.15, -0.1) is 0 Å². The van der Waals surface area contributed by atoms with Gasteiger partial charge in [0.25, 0.3) is 0 Å². The van der Waals surface area contributed by atoms with Crippen LogP contribution in [0.3, 0.4) is 0 Å². The first-order valence-electron chi connectivity index (χ1n) is 22.8. The van der Waals surface area contributed by atoms with E-state index in [1.807, 2.05) is 0 Å². The molecule has 0 atom stereocenters. The van der Waals surface area contributed by atoms with Gasteiger partial charge in [-0.2, -0.15) is 0 Å². The standard InChI is InChI=1S/C65H45N/c1-4-16-46(17-5-1)47-30-37-56(38-31-47)66(57-39-32-48(33-40-57)51-20-14-21-53(44-51)60-28-15-19-50-18-10-11-26-59(50)60)58-41-34-49(35-42-58)52-36-43-62-61-27-12-13-29-63(61)65(64(62)45-52,54-22-6-2-7-23-54)55-24-8-3-9-25-55/h1-45H. The lowest BCUT2D eigenvalue weighted by atomic mass is 9.67. The number of hydrogen-bond donors (Lipinski definition) is 0. The molecule has 0 spiro atoms. The second-order valence-corrected chi connectivity index (χ2v) is 17.2. The van der Waals surface area contributed by atoms with Crippen LogP contribution in [0.25, 0.3) is 66.4 Å². The van der Waals surface area contributed by atoms with Crippen molar-refractivity contribution < 1.29 is 0 Å². The first-order chi connectivity index (χ1) is 32.7. The third-order valence-corrected chi connectivity index (χ3v) is 13.6. The summed E-state index contributed by atoms with van der Waals surface area (Å²) in [7, 11) is 0. The van der Waals surface area contributed by atoms with Gasteiger partial charge in [0.05, 0.1) is 5.41 Å². The Balaban J connectivity index is 0.928. The lowest BCUT2D eigenvalue weighted by Gasteiger charge is -2.34. The summed E-state index contributed by atoms with van der Waals surface area (Å²) in [5.74, 6) is 0. The lowest BCUT2D eigenvalue weighted by Crippen LogP contribution is -2.28. The number of benzene rings is 11. The fourth-order valence-corrected chi connectivity index (χ4v) is 10.5. The summed E-state index contributed by atoms with van der Waals surface area (Å²) >= 11 is 0. The normalized spacial score (nSPS) is 12.4. The molecule has 0 unspecified atom stereocenters. The van der Waals surface area contributed by atoms with Crippen LogP contribution in [0.5, 0.6) is 0 Å². The van der Waals surface area contributed by atoms with Crippen LogP contribution >= 0.6 is 0 Å². The van der Waals surface area contributed by atoms with Gasteiger partial charge in [-0.3, -0.25) is 0 Å². The van der Waals surface area contributed by atoms with E-state index >= 15 is 0 Å². The van der Waals surface area contributed by atoms with E-state index in [-0.39, 0.29) is 0 Å². The molecular weight excluding hydrogens is 795 g/mol. The predicted octanol–water partition coefficient (Wildman–Crippen LogP) is 17.3. The Morgan fingerprint density at radius 3 is 1.29 bits per heavy atom. The zero-order valence-corrected chi connectivity index (χ0v) is 36.4. The van der Waals surface area contributed by atoms with E-state index in [9.17, 15) is 0 Å². The smallest absolute Gasteiger partial charge is 0.0713 e. The molecule has 1 aliphatic rings. The van der Waals surface area contributed by atoms with Gasteiger partial charge in [-0.25, -0.2) is 0 Å². The predicted molar refractivity (Wildman–Crippen MR) is 278 cm³/mol. The minimum absolute atomic E-state index is 0.448. The Bertz CT molecular complexity index is 3440. The minimum Gasteiger partial charge on any atom is -0.311 e. The fraction of sp³-hybridized carbons (Fsp3) is 0.0154. The highest BCUT2D eigenvalue weighted by molar-refractivity contribution is 5.97. The molecule has 0 aliphatic heterocycles. The number of hydrogen-bond acceptors (Lipinski definition) is 1. The van der Waals surface area contributed by atoms with Crippen molar-refractivity contribution in [3.8, 4) is 55.6 Å². The Morgan fingerprint density at radius 1 is 0.242 bits per heavy atom. The van der Waals surface area contributed by atoms with E-state index in [2.05, 4.69) is 278 Å². The molecule has 12 rings (SSSR count). The summed E-state index contributed by atoms with van der Waals surface area (Å²) < 4.78 is 0. The van der Waals surface area contributed by atoms with E-state index in [0.717, 1.165) is 17.1 Å². The highest BCUT2D eigenvalue weighted by Gasteiger charge is 2.46. The Kier molecular flexibility index (Phi) is 9.81. The number of rotatable bonds is 9. The molecule has 0 fully saturated rings. The maximum atomic E-state index is 2.44. The molecule has 310 valence electrons. The van der Waals surface area contributed by atoms with Gasteiger partial charge in [0.15, 0.2) is 0 Å². The van der Waals surface area contributed by atoms with E-state index in [0.29, 0.717) is 0 Å². The molecule has 0 heterocycles. The van der Waals surface area contributed by atoms with E-state index in [4.69, 9.17) is 0 Å². The first-order valence-corrected chi connectivity index (χ1v) is 22.8. The van der Waals surface area contributed by atoms with Crippen molar-refractivity contribution in [1.82, 2.24) is 0 Å². The first kappa shape index (κ1) is 39.1. The van der Waals surface area contributed by atoms with Crippen LogP contribution in [0.1, 0.15) is 22.3 Å². The van der Waals surface area contributed by atoms with Crippen molar-refractivity contribution in [2.24, 2.45) is 0 Å². The summed E-state index contributed by atoms with van der Waals surface area (Å²) in [6, 6.07) is 99.9. The topological polar surface area (TPSA) is 3.24 Å². The van der Waals surface area contributed by atoms with E-state index in [1.54, 1.807) is 0 Å². The highest BCUT2D eigenvalue weighted by atomic mass is 15.1. The average molecular weight is 840 g/mol.